The number of alkyl halides is 3. The maximum Gasteiger partial charge on any atom is 0.490 e. The number of halogens is 4. The molecule has 2 aromatic carbocycles. The van der Waals surface area contributed by atoms with E-state index < -0.39 is 24.2 Å². The number of ether oxygens (including phenoxy) is 1. The number of rotatable bonds is 12. The van der Waals surface area contributed by atoms with E-state index in [9.17, 15) is 28.5 Å². The van der Waals surface area contributed by atoms with Gasteiger partial charge < -0.3 is 25.2 Å². The lowest BCUT2D eigenvalue weighted by Gasteiger charge is -2.33. The maximum absolute atomic E-state index is 11.0. The molecule has 0 spiro atoms. The monoisotopic (exact) mass is 744 g/mol. The van der Waals surface area contributed by atoms with E-state index in [0.29, 0.717) is 56.2 Å². The second-order valence-corrected chi connectivity index (χ2v) is 12.8. The maximum atomic E-state index is 11.0. The number of pyridine rings is 1. The van der Waals surface area contributed by atoms with E-state index in [-0.39, 0.29) is 6.61 Å². The van der Waals surface area contributed by atoms with Crippen LogP contribution in [-0.2, 0) is 15.3 Å². The highest BCUT2D eigenvalue weighted by molar-refractivity contribution is 7.98. The predicted molar refractivity (Wildman–Crippen MR) is 182 cm³/mol. The number of nitrogens with one attached hydrogen (secondary N) is 1. The van der Waals surface area contributed by atoms with Crippen LogP contribution in [0.25, 0.3) is 21.7 Å². The Morgan fingerprint density at radius 3 is 2.22 bits per heavy atom. The van der Waals surface area contributed by atoms with Gasteiger partial charge in [0.05, 0.1) is 11.3 Å². The highest BCUT2D eigenvalue weighted by Crippen LogP contribution is 2.40. The highest BCUT2D eigenvalue weighted by atomic mass is 35.5. The van der Waals surface area contributed by atoms with Gasteiger partial charge in [-0.3, -0.25) is 4.79 Å². The first-order valence-corrected chi connectivity index (χ1v) is 17.0. The number of nitriles is 2. The minimum atomic E-state index is -5.08. The average molecular weight is 745 g/mol. The SMILES string of the molecule is C[C@H](NCCOc1ccc(-c2c(C#N)c(SCc3csc(-c4ccc(Cl)cc4)n3)nc(N3CCC3)c2C#N)cc1)C(=O)O.O=C(O)C(F)(F)F. The number of carboxylic acids is 2. The van der Waals surface area contributed by atoms with Crippen LogP contribution in [0.3, 0.4) is 0 Å². The number of carboxylic acid groups (broad SMARTS) is 2. The number of aromatic nitrogens is 2. The van der Waals surface area contributed by atoms with Gasteiger partial charge in [-0.15, -0.1) is 11.3 Å². The summed E-state index contributed by atoms with van der Waals surface area (Å²) in [7, 11) is 0. The van der Waals surface area contributed by atoms with Gasteiger partial charge in [-0.05, 0) is 43.2 Å². The molecule has 1 fully saturated rings. The number of hydrogen-bond donors (Lipinski definition) is 3. The second kappa shape index (κ2) is 17.2. The zero-order valence-corrected chi connectivity index (χ0v) is 28.6. The zero-order chi connectivity index (χ0) is 36.4. The third kappa shape index (κ3) is 9.86. The molecule has 1 aliphatic heterocycles. The fourth-order valence-corrected chi connectivity index (χ4v) is 6.33. The van der Waals surface area contributed by atoms with E-state index in [0.717, 1.165) is 35.8 Å². The third-order valence-electron chi connectivity index (χ3n) is 7.10. The molecule has 2 aromatic heterocycles. The van der Waals surface area contributed by atoms with Gasteiger partial charge in [0.2, 0.25) is 0 Å². The Morgan fingerprint density at radius 1 is 1.06 bits per heavy atom. The number of aliphatic carboxylic acids is 2. The van der Waals surface area contributed by atoms with Gasteiger partial charge in [0.1, 0.15) is 52.0 Å². The number of thiazole rings is 1. The Hall–Kier alpha value is -4.87. The first-order valence-electron chi connectivity index (χ1n) is 14.8. The van der Waals surface area contributed by atoms with Crippen molar-refractivity contribution in [1.82, 2.24) is 15.3 Å². The normalized spacial score (nSPS) is 12.8. The van der Waals surface area contributed by atoms with Crippen molar-refractivity contribution in [2.75, 3.05) is 31.1 Å². The quantitative estimate of drug-likeness (QED) is 0.102. The molecule has 0 unspecified atom stereocenters. The molecule has 3 heterocycles. The largest absolute Gasteiger partial charge is 0.492 e. The molecule has 1 aliphatic rings. The Morgan fingerprint density at radius 2 is 1.68 bits per heavy atom. The van der Waals surface area contributed by atoms with E-state index in [4.69, 9.17) is 41.3 Å². The Labute approximate surface area is 297 Å². The van der Waals surface area contributed by atoms with Crippen LogP contribution in [-0.4, -0.2) is 70.6 Å². The van der Waals surface area contributed by atoms with Gasteiger partial charge in [-0.2, -0.15) is 23.7 Å². The van der Waals surface area contributed by atoms with Gasteiger partial charge in [0.15, 0.2) is 0 Å². The molecule has 0 radical (unpaired) electrons. The molecule has 260 valence electrons. The number of anilines is 1. The molecular weight excluding hydrogens is 717 g/mol. The van der Waals surface area contributed by atoms with Crippen molar-refractivity contribution < 1.29 is 37.7 Å². The summed E-state index contributed by atoms with van der Waals surface area (Å²) < 4.78 is 37.5. The van der Waals surface area contributed by atoms with Crippen molar-refractivity contribution >= 4 is 52.5 Å². The minimum absolute atomic E-state index is 0.287. The van der Waals surface area contributed by atoms with Crippen LogP contribution in [0.15, 0.2) is 58.9 Å². The third-order valence-corrected chi connectivity index (χ3v) is 9.30. The molecule has 4 aromatic rings. The van der Waals surface area contributed by atoms with Crippen LogP contribution >= 0.6 is 34.7 Å². The molecule has 0 bridgehead atoms. The van der Waals surface area contributed by atoms with E-state index in [1.54, 1.807) is 30.4 Å². The molecule has 1 atom stereocenters. The molecular formula is C33H28ClF3N6O5S2. The standard InChI is InChI=1S/C31H27ClN6O3S2.C2HF3O2/c1-19(31(39)40)35-11-14-41-24-9-5-20(6-10-24)27-25(15-33)28(38-12-2-13-38)37-30(26(27)16-34)43-18-23-17-42-29(36-23)21-3-7-22(32)8-4-21;3-2(4,5)1(6)7/h3-10,17,19,35H,2,11-14,18H2,1H3,(H,39,40);(H,6,7)/t19-;/m0./s1. The van der Waals surface area contributed by atoms with Gasteiger partial charge in [-0.25, -0.2) is 14.8 Å². The lowest BCUT2D eigenvalue weighted by molar-refractivity contribution is -0.192. The van der Waals surface area contributed by atoms with Gasteiger partial charge >= 0.3 is 18.1 Å². The Balaban J connectivity index is 0.000000727. The first-order chi connectivity index (χ1) is 23.8. The van der Waals surface area contributed by atoms with Crippen molar-refractivity contribution in [3.05, 3.63) is 75.8 Å². The fourth-order valence-electron chi connectivity index (χ4n) is 4.40. The van der Waals surface area contributed by atoms with Crippen LogP contribution in [0, 0.1) is 22.7 Å². The number of nitrogens with zero attached hydrogens (tertiary/aromatic N) is 5. The van der Waals surface area contributed by atoms with Crippen molar-refractivity contribution in [2.24, 2.45) is 0 Å². The summed E-state index contributed by atoms with van der Waals surface area (Å²) in [5.41, 5.74) is 3.84. The summed E-state index contributed by atoms with van der Waals surface area (Å²) in [6.07, 6.45) is -4.07. The summed E-state index contributed by atoms with van der Waals surface area (Å²) in [6.45, 7) is 3.83. The van der Waals surface area contributed by atoms with Crippen molar-refractivity contribution in [2.45, 2.75) is 36.3 Å². The second-order valence-electron chi connectivity index (χ2n) is 10.6. The highest BCUT2D eigenvalue weighted by Gasteiger charge is 2.38. The molecule has 0 amide bonds. The molecule has 0 saturated carbocycles. The minimum Gasteiger partial charge on any atom is -0.492 e. The van der Waals surface area contributed by atoms with Crippen molar-refractivity contribution in [3.8, 4) is 39.6 Å². The van der Waals surface area contributed by atoms with Crippen LogP contribution in [0.1, 0.15) is 30.2 Å². The van der Waals surface area contributed by atoms with Gasteiger partial charge in [0.25, 0.3) is 0 Å². The van der Waals surface area contributed by atoms with E-state index in [1.165, 1.54) is 11.8 Å². The molecule has 0 aliphatic carbocycles. The summed E-state index contributed by atoms with van der Waals surface area (Å²) in [5.74, 6) is -1.99. The van der Waals surface area contributed by atoms with Crippen molar-refractivity contribution in [3.63, 3.8) is 0 Å². The lowest BCUT2D eigenvalue weighted by atomic mass is 9.96. The van der Waals surface area contributed by atoms with E-state index in [2.05, 4.69) is 22.4 Å². The van der Waals surface area contributed by atoms with E-state index >= 15 is 0 Å². The molecule has 1 saturated heterocycles. The van der Waals surface area contributed by atoms with Crippen LogP contribution in [0.4, 0.5) is 19.0 Å². The van der Waals surface area contributed by atoms with Crippen LogP contribution < -0.4 is 15.0 Å². The number of carbonyl (C=O) groups is 2. The van der Waals surface area contributed by atoms with Crippen LogP contribution in [0.2, 0.25) is 5.02 Å². The molecule has 11 nitrogen and oxygen atoms in total. The summed E-state index contributed by atoms with van der Waals surface area (Å²) in [6, 6.07) is 18.7. The number of benzene rings is 2. The summed E-state index contributed by atoms with van der Waals surface area (Å²) >= 11 is 9.00. The molecule has 3 N–H and O–H groups in total. The molecule has 50 heavy (non-hydrogen) atoms. The number of hydrogen-bond acceptors (Lipinski definition) is 11. The van der Waals surface area contributed by atoms with Gasteiger partial charge in [0, 0.05) is 46.9 Å². The smallest absolute Gasteiger partial charge is 0.490 e. The Kier molecular flexibility index (Phi) is 13.0. The van der Waals surface area contributed by atoms with E-state index in [1.807, 2.05) is 41.8 Å². The zero-order valence-electron chi connectivity index (χ0n) is 26.2. The topological polar surface area (TPSA) is 172 Å². The summed E-state index contributed by atoms with van der Waals surface area (Å²) in [4.78, 5) is 31.5. The first kappa shape index (κ1) is 37.9. The van der Waals surface area contributed by atoms with Gasteiger partial charge in [-0.1, -0.05) is 47.6 Å². The molecule has 5 rings (SSSR count). The average Bonchev–Trinajstić information content (AvgIpc) is 3.54. The summed E-state index contributed by atoms with van der Waals surface area (Å²) in [5, 5.41) is 43.6. The number of thioether (sulfide) groups is 1. The molecule has 17 heteroatoms. The predicted octanol–water partition coefficient (Wildman–Crippen LogP) is 6.85. The van der Waals surface area contributed by atoms with Crippen LogP contribution in [0.5, 0.6) is 5.75 Å². The lowest BCUT2D eigenvalue weighted by Crippen LogP contribution is -2.38. The Bertz CT molecular complexity index is 1910. The van der Waals surface area contributed by atoms with Crippen molar-refractivity contribution in [1.29, 1.82) is 10.5 Å². The fraction of sp³-hybridized carbons (Fsp3) is 0.273.